The van der Waals surface area contributed by atoms with E-state index in [4.69, 9.17) is 10.5 Å². The molecule has 2 aliphatic heterocycles. The lowest BCUT2D eigenvalue weighted by molar-refractivity contribution is 0.0389. The first-order valence-corrected chi connectivity index (χ1v) is 7.11. The van der Waals surface area contributed by atoms with Crippen molar-refractivity contribution in [2.75, 3.05) is 44.4 Å². The first kappa shape index (κ1) is 11.5. The fourth-order valence-electron chi connectivity index (χ4n) is 2.22. The van der Waals surface area contributed by atoms with Gasteiger partial charge in [0, 0.05) is 60.7 Å². The Morgan fingerprint density at radius 3 is 2.47 bits per heavy atom. The van der Waals surface area contributed by atoms with E-state index in [9.17, 15) is 4.21 Å². The highest BCUT2D eigenvalue weighted by Gasteiger charge is 2.31. The molecule has 88 valence electrons. The molecule has 0 atom stereocenters. The summed E-state index contributed by atoms with van der Waals surface area (Å²) in [5, 5.41) is 0. The zero-order valence-corrected chi connectivity index (χ0v) is 9.93. The van der Waals surface area contributed by atoms with Gasteiger partial charge in [0.25, 0.3) is 0 Å². The fraction of sp³-hybridized carbons (Fsp3) is 1.00. The van der Waals surface area contributed by atoms with Crippen molar-refractivity contribution in [1.82, 2.24) is 4.90 Å². The second-order valence-electron chi connectivity index (χ2n) is 4.60. The molecule has 0 amide bonds. The number of nitrogens with two attached hydrogens (primary N) is 1. The summed E-state index contributed by atoms with van der Waals surface area (Å²) in [6, 6.07) is 0. The molecule has 0 saturated carbocycles. The predicted molar refractivity (Wildman–Crippen MR) is 61.3 cm³/mol. The second-order valence-corrected chi connectivity index (χ2v) is 6.30. The molecular formula is C10H20N2O2S. The summed E-state index contributed by atoms with van der Waals surface area (Å²) < 4.78 is 16.5. The van der Waals surface area contributed by atoms with Crippen LogP contribution < -0.4 is 5.73 Å². The van der Waals surface area contributed by atoms with Gasteiger partial charge in [-0.15, -0.1) is 0 Å². The van der Waals surface area contributed by atoms with Crippen LogP contribution in [0.2, 0.25) is 0 Å². The number of hydrogen-bond donors (Lipinski definition) is 1. The summed E-state index contributed by atoms with van der Waals surface area (Å²) in [7, 11) is -0.588. The molecule has 0 aliphatic carbocycles. The van der Waals surface area contributed by atoms with E-state index in [1.807, 2.05) is 0 Å². The molecule has 0 unspecified atom stereocenters. The average Bonchev–Trinajstić information content (AvgIpc) is 2.22. The van der Waals surface area contributed by atoms with Crippen molar-refractivity contribution in [1.29, 1.82) is 0 Å². The van der Waals surface area contributed by atoms with Crippen molar-refractivity contribution in [3.8, 4) is 0 Å². The van der Waals surface area contributed by atoms with Gasteiger partial charge in [0.05, 0.1) is 0 Å². The van der Waals surface area contributed by atoms with Crippen LogP contribution in [0.1, 0.15) is 12.8 Å². The standard InChI is InChI=1S/C10H20N2O2S/c11-10(1-5-14-6-2-10)9-12-3-7-15(13)8-4-12/h1-9,11H2. The normalized spacial score (nSPS) is 29.1. The lowest BCUT2D eigenvalue weighted by atomic mass is 9.91. The Morgan fingerprint density at radius 2 is 1.87 bits per heavy atom. The zero-order valence-electron chi connectivity index (χ0n) is 9.11. The van der Waals surface area contributed by atoms with E-state index in [2.05, 4.69) is 4.90 Å². The van der Waals surface area contributed by atoms with E-state index in [0.29, 0.717) is 0 Å². The van der Waals surface area contributed by atoms with E-state index in [-0.39, 0.29) is 5.54 Å². The Morgan fingerprint density at radius 1 is 1.27 bits per heavy atom. The smallest absolute Gasteiger partial charge is 0.0484 e. The molecule has 2 saturated heterocycles. The van der Waals surface area contributed by atoms with Gasteiger partial charge in [0.1, 0.15) is 0 Å². The number of nitrogens with zero attached hydrogens (tertiary/aromatic N) is 1. The highest BCUT2D eigenvalue weighted by molar-refractivity contribution is 7.85. The quantitative estimate of drug-likeness (QED) is 0.701. The summed E-state index contributed by atoms with van der Waals surface area (Å²) in [6.45, 7) is 4.39. The molecule has 2 fully saturated rings. The van der Waals surface area contributed by atoms with Gasteiger partial charge in [-0.3, -0.25) is 9.11 Å². The summed E-state index contributed by atoms with van der Waals surface area (Å²) in [4.78, 5) is 2.35. The monoisotopic (exact) mass is 232 g/mol. The van der Waals surface area contributed by atoms with Crippen molar-refractivity contribution >= 4 is 10.8 Å². The Balaban J connectivity index is 1.82. The number of rotatable bonds is 2. The lowest BCUT2D eigenvalue weighted by Gasteiger charge is -2.39. The maximum atomic E-state index is 11.2. The van der Waals surface area contributed by atoms with E-state index >= 15 is 0 Å². The van der Waals surface area contributed by atoms with Crippen LogP contribution in [-0.4, -0.2) is 59.0 Å². The Bertz CT molecular complexity index is 232. The molecule has 2 rings (SSSR count). The minimum Gasteiger partial charge on any atom is -0.381 e. The highest BCUT2D eigenvalue weighted by atomic mass is 32.2. The molecule has 0 radical (unpaired) electrons. The van der Waals surface area contributed by atoms with Crippen LogP contribution in [0.15, 0.2) is 0 Å². The van der Waals surface area contributed by atoms with E-state index in [1.54, 1.807) is 0 Å². The van der Waals surface area contributed by atoms with Crippen molar-refractivity contribution < 1.29 is 8.95 Å². The van der Waals surface area contributed by atoms with Gasteiger partial charge in [0.2, 0.25) is 0 Å². The van der Waals surface area contributed by atoms with Crippen LogP contribution in [0.5, 0.6) is 0 Å². The van der Waals surface area contributed by atoms with E-state index < -0.39 is 10.8 Å². The Hall–Kier alpha value is 0.0300. The highest BCUT2D eigenvalue weighted by Crippen LogP contribution is 2.19. The molecule has 2 N–H and O–H groups in total. The molecule has 0 aromatic carbocycles. The van der Waals surface area contributed by atoms with Crippen LogP contribution in [0.25, 0.3) is 0 Å². The van der Waals surface area contributed by atoms with Crippen LogP contribution in [0.3, 0.4) is 0 Å². The molecule has 0 aromatic rings. The minimum absolute atomic E-state index is 0.0723. The van der Waals surface area contributed by atoms with E-state index in [0.717, 1.165) is 57.2 Å². The summed E-state index contributed by atoms with van der Waals surface area (Å²) in [5.74, 6) is 1.62. The summed E-state index contributed by atoms with van der Waals surface area (Å²) >= 11 is 0. The molecular weight excluding hydrogens is 212 g/mol. The third kappa shape index (κ3) is 3.24. The predicted octanol–water partition coefficient (Wildman–Crippen LogP) is -0.441. The van der Waals surface area contributed by atoms with E-state index in [1.165, 1.54) is 0 Å². The van der Waals surface area contributed by atoms with Gasteiger partial charge in [-0.2, -0.15) is 0 Å². The maximum Gasteiger partial charge on any atom is 0.0484 e. The molecule has 2 aliphatic rings. The van der Waals surface area contributed by atoms with Crippen molar-refractivity contribution in [3.63, 3.8) is 0 Å². The molecule has 2 heterocycles. The van der Waals surface area contributed by atoms with Gasteiger partial charge < -0.3 is 10.5 Å². The van der Waals surface area contributed by atoms with Gasteiger partial charge in [-0.25, -0.2) is 0 Å². The van der Waals surface area contributed by atoms with Crippen LogP contribution in [-0.2, 0) is 15.5 Å². The fourth-order valence-corrected chi connectivity index (χ4v) is 3.34. The summed E-state index contributed by atoms with van der Waals surface area (Å²) in [6.07, 6.45) is 1.90. The Kier molecular flexibility index (Phi) is 3.77. The van der Waals surface area contributed by atoms with Gasteiger partial charge >= 0.3 is 0 Å². The first-order valence-electron chi connectivity index (χ1n) is 5.62. The molecule has 0 spiro atoms. The topological polar surface area (TPSA) is 55.6 Å². The molecule has 4 nitrogen and oxygen atoms in total. The van der Waals surface area contributed by atoms with Crippen molar-refractivity contribution in [2.24, 2.45) is 5.73 Å². The largest absolute Gasteiger partial charge is 0.381 e. The van der Waals surface area contributed by atoms with Crippen molar-refractivity contribution in [3.05, 3.63) is 0 Å². The molecule has 0 bridgehead atoms. The van der Waals surface area contributed by atoms with Crippen LogP contribution in [0.4, 0.5) is 0 Å². The first-order chi connectivity index (χ1) is 7.18. The molecule has 5 heteroatoms. The minimum atomic E-state index is -0.588. The molecule has 0 aromatic heterocycles. The summed E-state index contributed by atoms with van der Waals surface area (Å²) in [5.41, 5.74) is 6.25. The van der Waals surface area contributed by atoms with Gasteiger partial charge in [0.15, 0.2) is 0 Å². The second kappa shape index (κ2) is 4.91. The number of hydrogen-bond acceptors (Lipinski definition) is 4. The van der Waals surface area contributed by atoms with Gasteiger partial charge in [-0.05, 0) is 12.8 Å². The van der Waals surface area contributed by atoms with Gasteiger partial charge in [-0.1, -0.05) is 0 Å². The molecule has 15 heavy (non-hydrogen) atoms. The number of ether oxygens (including phenoxy) is 1. The third-order valence-corrected chi connectivity index (χ3v) is 4.57. The maximum absolute atomic E-state index is 11.2. The Labute approximate surface area is 93.6 Å². The van der Waals surface area contributed by atoms with Crippen molar-refractivity contribution in [2.45, 2.75) is 18.4 Å². The zero-order chi connectivity index (χ0) is 10.7. The lowest BCUT2D eigenvalue weighted by Crippen LogP contribution is -2.55. The third-order valence-electron chi connectivity index (χ3n) is 3.30. The average molecular weight is 232 g/mol. The SMILES string of the molecule is NC1(CN2CCS(=O)CC2)CCOCC1. The van der Waals surface area contributed by atoms with Crippen LogP contribution >= 0.6 is 0 Å². The van der Waals surface area contributed by atoms with Crippen LogP contribution in [0, 0.1) is 0 Å².